The number of imide groups is 1. The molecular formula is C18H17BrN2O2. The Labute approximate surface area is 143 Å². The summed E-state index contributed by atoms with van der Waals surface area (Å²) >= 11 is 3.35. The molecule has 2 aromatic rings. The summed E-state index contributed by atoms with van der Waals surface area (Å²) in [5.41, 5.74) is 2.67. The summed E-state index contributed by atoms with van der Waals surface area (Å²) < 4.78 is 0.909. The second kappa shape index (κ2) is 6.54. The van der Waals surface area contributed by atoms with E-state index in [0.717, 1.165) is 16.6 Å². The summed E-state index contributed by atoms with van der Waals surface area (Å²) in [7, 11) is 0. The monoisotopic (exact) mass is 372 g/mol. The van der Waals surface area contributed by atoms with Crippen LogP contribution >= 0.6 is 15.9 Å². The molecule has 0 spiro atoms. The van der Waals surface area contributed by atoms with Crippen LogP contribution in [0.3, 0.4) is 0 Å². The molecule has 0 aliphatic carbocycles. The van der Waals surface area contributed by atoms with Crippen LogP contribution in [0.2, 0.25) is 0 Å². The number of hydrogen-bond acceptors (Lipinski definition) is 3. The first-order valence-corrected chi connectivity index (χ1v) is 8.35. The highest BCUT2D eigenvalue weighted by atomic mass is 79.9. The average Bonchev–Trinajstić information content (AvgIpc) is 2.83. The van der Waals surface area contributed by atoms with Crippen LogP contribution in [-0.4, -0.2) is 17.9 Å². The van der Waals surface area contributed by atoms with Crippen molar-refractivity contribution in [3.8, 4) is 0 Å². The number of benzene rings is 2. The fourth-order valence-electron chi connectivity index (χ4n) is 2.69. The summed E-state index contributed by atoms with van der Waals surface area (Å²) in [6, 6.07) is 14.6. The Morgan fingerprint density at radius 2 is 1.91 bits per heavy atom. The zero-order valence-corrected chi connectivity index (χ0v) is 14.3. The first-order chi connectivity index (χ1) is 11.1. The zero-order chi connectivity index (χ0) is 16.4. The molecule has 0 unspecified atom stereocenters. The van der Waals surface area contributed by atoms with Crippen LogP contribution in [0.4, 0.5) is 11.4 Å². The van der Waals surface area contributed by atoms with Crippen molar-refractivity contribution in [2.45, 2.75) is 25.8 Å². The maximum absolute atomic E-state index is 12.6. The Morgan fingerprint density at radius 3 is 2.61 bits per heavy atom. The third-order valence-corrected chi connectivity index (χ3v) is 4.44. The molecule has 5 heteroatoms. The third-order valence-electron chi connectivity index (χ3n) is 3.91. The van der Waals surface area contributed by atoms with E-state index in [0.29, 0.717) is 5.69 Å². The van der Waals surface area contributed by atoms with Gasteiger partial charge in [0.2, 0.25) is 5.91 Å². The maximum atomic E-state index is 12.6. The van der Waals surface area contributed by atoms with E-state index in [9.17, 15) is 9.59 Å². The van der Waals surface area contributed by atoms with Gasteiger partial charge in [-0.25, -0.2) is 4.90 Å². The van der Waals surface area contributed by atoms with Crippen LogP contribution in [0.25, 0.3) is 0 Å². The predicted molar refractivity (Wildman–Crippen MR) is 94.5 cm³/mol. The van der Waals surface area contributed by atoms with Crippen LogP contribution in [0.5, 0.6) is 0 Å². The molecule has 1 aliphatic rings. The lowest BCUT2D eigenvalue weighted by Crippen LogP contribution is -2.34. The molecule has 1 atom stereocenters. The minimum atomic E-state index is -0.516. The van der Waals surface area contributed by atoms with Gasteiger partial charge in [-0.2, -0.15) is 0 Å². The molecule has 4 nitrogen and oxygen atoms in total. The van der Waals surface area contributed by atoms with Gasteiger partial charge in [0, 0.05) is 10.2 Å². The molecule has 118 valence electrons. The molecule has 0 radical (unpaired) electrons. The van der Waals surface area contributed by atoms with Crippen molar-refractivity contribution >= 4 is 39.1 Å². The first kappa shape index (κ1) is 15.7. The summed E-state index contributed by atoms with van der Waals surface area (Å²) in [5, 5.41) is 3.19. The first-order valence-electron chi connectivity index (χ1n) is 7.56. The van der Waals surface area contributed by atoms with Crippen LogP contribution in [-0.2, 0) is 16.0 Å². The van der Waals surface area contributed by atoms with Crippen molar-refractivity contribution in [3.05, 3.63) is 58.6 Å². The highest BCUT2D eigenvalue weighted by molar-refractivity contribution is 9.10. The number of amides is 2. The molecule has 2 aromatic carbocycles. The van der Waals surface area contributed by atoms with Gasteiger partial charge in [0.15, 0.2) is 0 Å². The van der Waals surface area contributed by atoms with Gasteiger partial charge in [-0.3, -0.25) is 9.59 Å². The molecule has 23 heavy (non-hydrogen) atoms. The van der Waals surface area contributed by atoms with Crippen LogP contribution < -0.4 is 10.2 Å². The topological polar surface area (TPSA) is 49.4 Å². The smallest absolute Gasteiger partial charge is 0.256 e. The molecule has 0 saturated carbocycles. The van der Waals surface area contributed by atoms with Gasteiger partial charge in [-0.05, 0) is 48.4 Å². The number of aryl methyl sites for hydroxylation is 1. The maximum Gasteiger partial charge on any atom is 0.256 e. The molecule has 3 rings (SSSR count). The van der Waals surface area contributed by atoms with E-state index in [-0.39, 0.29) is 18.2 Å². The lowest BCUT2D eigenvalue weighted by atomic mass is 10.1. The van der Waals surface area contributed by atoms with Crippen molar-refractivity contribution < 1.29 is 9.59 Å². The Morgan fingerprint density at radius 1 is 1.17 bits per heavy atom. The molecule has 2 amide bonds. The van der Waals surface area contributed by atoms with Crippen molar-refractivity contribution in [3.63, 3.8) is 0 Å². The third kappa shape index (κ3) is 3.29. The fraction of sp³-hybridized carbons (Fsp3) is 0.222. The van der Waals surface area contributed by atoms with Crippen LogP contribution in [0.1, 0.15) is 18.9 Å². The van der Waals surface area contributed by atoms with E-state index in [4.69, 9.17) is 0 Å². The summed E-state index contributed by atoms with van der Waals surface area (Å²) in [6.45, 7) is 2.08. The highest BCUT2D eigenvalue weighted by Crippen LogP contribution is 2.26. The summed E-state index contributed by atoms with van der Waals surface area (Å²) in [4.78, 5) is 26.1. The van der Waals surface area contributed by atoms with Crippen LogP contribution in [0.15, 0.2) is 53.0 Å². The molecule has 1 fully saturated rings. The van der Waals surface area contributed by atoms with Crippen molar-refractivity contribution in [2.75, 3.05) is 10.2 Å². The Bertz CT molecular complexity index is 743. The number of carbonyl (C=O) groups is 2. The van der Waals surface area contributed by atoms with Gasteiger partial charge in [0.25, 0.3) is 5.91 Å². The van der Waals surface area contributed by atoms with Gasteiger partial charge in [0.05, 0.1) is 12.1 Å². The molecule has 1 heterocycles. The van der Waals surface area contributed by atoms with Crippen molar-refractivity contribution in [1.82, 2.24) is 0 Å². The van der Waals surface area contributed by atoms with Gasteiger partial charge in [-0.15, -0.1) is 0 Å². The van der Waals surface area contributed by atoms with Gasteiger partial charge < -0.3 is 5.32 Å². The Balaban J connectivity index is 1.79. The lowest BCUT2D eigenvalue weighted by molar-refractivity contribution is -0.121. The van der Waals surface area contributed by atoms with Crippen molar-refractivity contribution in [1.29, 1.82) is 0 Å². The second-order valence-corrected chi connectivity index (χ2v) is 6.41. The Kier molecular flexibility index (Phi) is 4.48. The summed E-state index contributed by atoms with van der Waals surface area (Å²) in [6.07, 6.45) is 1.10. The van der Waals surface area contributed by atoms with Gasteiger partial charge in [0.1, 0.15) is 6.04 Å². The number of carbonyl (C=O) groups excluding carboxylic acids is 2. The van der Waals surface area contributed by atoms with E-state index in [2.05, 4.69) is 28.2 Å². The normalized spacial score (nSPS) is 17.7. The minimum Gasteiger partial charge on any atom is -0.373 e. The molecule has 0 bridgehead atoms. The number of halogens is 1. The average molecular weight is 373 g/mol. The second-order valence-electron chi connectivity index (χ2n) is 5.50. The summed E-state index contributed by atoms with van der Waals surface area (Å²) in [5.74, 6) is -0.388. The minimum absolute atomic E-state index is 0.172. The van der Waals surface area contributed by atoms with E-state index in [1.165, 1.54) is 10.5 Å². The number of hydrogen-bond donors (Lipinski definition) is 1. The molecular weight excluding hydrogens is 356 g/mol. The van der Waals surface area contributed by atoms with Gasteiger partial charge in [-0.1, -0.05) is 35.0 Å². The van der Waals surface area contributed by atoms with Crippen LogP contribution in [0, 0.1) is 0 Å². The van der Waals surface area contributed by atoms with E-state index >= 15 is 0 Å². The SMILES string of the molecule is CCc1cccc(N[C@H]2CC(=O)N(c3ccc(Br)cc3)C2=O)c1. The quantitative estimate of drug-likeness (QED) is 0.831. The van der Waals surface area contributed by atoms with Gasteiger partial charge >= 0.3 is 0 Å². The number of nitrogens with one attached hydrogen (secondary N) is 1. The fourth-order valence-corrected chi connectivity index (χ4v) is 2.95. The van der Waals surface area contributed by atoms with Crippen molar-refractivity contribution in [2.24, 2.45) is 0 Å². The predicted octanol–water partition coefficient (Wildman–Crippen LogP) is 3.76. The standard InChI is InChI=1S/C18H17BrN2O2/c1-2-12-4-3-5-14(10-12)20-16-11-17(22)21(18(16)23)15-8-6-13(19)7-9-15/h3-10,16,20H,2,11H2,1H3/t16-/m0/s1. The zero-order valence-electron chi connectivity index (χ0n) is 12.8. The molecule has 1 saturated heterocycles. The van der Waals surface area contributed by atoms with E-state index in [1.807, 2.05) is 36.4 Å². The Hall–Kier alpha value is -2.14. The van der Waals surface area contributed by atoms with E-state index in [1.54, 1.807) is 12.1 Å². The largest absolute Gasteiger partial charge is 0.373 e. The van der Waals surface area contributed by atoms with E-state index < -0.39 is 6.04 Å². The lowest BCUT2D eigenvalue weighted by Gasteiger charge is -2.16. The number of rotatable bonds is 4. The number of nitrogens with zero attached hydrogens (tertiary/aromatic N) is 1. The number of anilines is 2. The molecule has 1 N–H and O–H groups in total. The highest BCUT2D eigenvalue weighted by Gasteiger charge is 2.39. The molecule has 1 aliphatic heterocycles. The molecule has 0 aromatic heterocycles.